The van der Waals surface area contributed by atoms with Crippen LogP contribution in [0.3, 0.4) is 0 Å². The molecular formula is C15H20N2O2. The van der Waals surface area contributed by atoms with Crippen LogP contribution in [0.1, 0.15) is 24.4 Å². The van der Waals surface area contributed by atoms with E-state index in [1.165, 1.54) is 12.8 Å². The zero-order valence-electron chi connectivity index (χ0n) is 11.0. The van der Waals surface area contributed by atoms with Crippen molar-refractivity contribution in [3.8, 4) is 5.75 Å². The van der Waals surface area contributed by atoms with E-state index >= 15 is 0 Å². The summed E-state index contributed by atoms with van der Waals surface area (Å²) >= 11 is 0. The SMILES string of the molecule is NC1c2ccccc2OCC1N1CC2CCC(C1)O2. The summed E-state index contributed by atoms with van der Waals surface area (Å²) in [6, 6.07) is 8.45. The van der Waals surface area contributed by atoms with Gasteiger partial charge in [-0.15, -0.1) is 0 Å². The third-order valence-corrected chi connectivity index (χ3v) is 4.64. The Hall–Kier alpha value is -1.10. The third kappa shape index (κ3) is 1.95. The predicted molar refractivity (Wildman–Crippen MR) is 72.1 cm³/mol. The molecule has 4 heteroatoms. The summed E-state index contributed by atoms with van der Waals surface area (Å²) in [6.07, 6.45) is 3.20. The number of nitrogens with two attached hydrogens (primary N) is 1. The molecule has 3 aliphatic heterocycles. The fraction of sp³-hybridized carbons (Fsp3) is 0.600. The van der Waals surface area contributed by atoms with E-state index in [9.17, 15) is 0 Å². The van der Waals surface area contributed by atoms with Crippen molar-refractivity contribution in [3.05, 3.63) is 29.8 Å². The fourth-order valence-corrected chi connectivity index (χ4v) is 3.62. The minimum atomic E-state index is 0.0439. The highest BCUT2D eigenvalue weighted by atomic mass is 16.5. The van der Waals surface area contributed by atoms with Crippen LogP contribution in [-0.4, -0.2) is 42.8 Å². The van der Waals surface area contributed by atoms with E-state index in [1.807, 2.05) is 18.2 Å². The van der Waals surface area contributed by atoms with Crippen LogP contribution in [0.5, 0.6) is 5.75 Å². The quantitative estimate of drug-likeness (QED) is 0.827. The zero-order chi connectivity index (χ0) is 12.8. The summed E-state index contributed by atoms with van der Waals surface area (Å²) in [6.45, 7) is 2.69. The van der Waals surface area contributed by atoms with Crippen LogP contribution in [0.15, 0.2) is 24.3 Å². The number of likely N-dealkylation sites (tertiary alicyclic amines) is 1. The van der Waals surface area contributed by atoms with Gasteiger partial charge in [0.05, 0.1) is 24.3 Å². The number of para-hydroxylation sites is 1. The van der Waals surface area contributed by atoms with E-state index < -0.39 is 0 Å². The van der Waals surface area contributed by atoms with E-state index in [0.717, 1.165) is 24.4 Å². The first-order chi connectivity index (χ1) is 9.31. The highest BCUT2D eigenvalue weighted by molar-refractivity contribution is 5.38. The average molecular weight is 260 g/mol. The monoisotopic (exact) mass is 260 g/mol. The van der Waals surface area contributed by atoms with Crippen molar-refractivity contribution < 1.29 is 9.47 Å². The maximum Gasteiger partial charge on any atom is 0.124 e. The molecule has 4 unspecified atom stereocenters. The lowest BCUT2D eigenvalue weighted by Crippen LogP contribution is -2.55. The van der Waals surface area contributed by atoms with Crippen molar-refractivity contribution in [2.75, 3.05) is 19.7 Å². The van der Waals surface area contributed by atoms with Gasteiger partial charge in [0, 0.05) is 18.7 Å². The number of morpholine rings is 1. The molecule has 2 N–H and O–H groups in total. The van der Waals surface area contributed by atoms with Crippen LogP contribution in [0.2, 0.25) is 0 Å². The van der Waals surface area contributed by atoms with Gasteiger partial charge in [0.25, 0.3) is 0 Å². The van der Waals surface area contributed by atoms with Gasteiger partial charge in [0.1, 0.15) is 12.4 Å². The number of rotatable bonds is 1. The van der Waals surface area contributed by atoms with E-state index in [-0.39, 0.29) is 12.1 Å². The first-order valence-electron chi connectivity index (χ1n) is 7.18. The summed E-state index contributed by atoms with van der Waals surface area (Å²) in [7, 11) is 0. The van der Waals surface area contributed by atoms with Gasteiger partial charge >= 0.3 is 0 Å². The summed E-state index contributed by atoms with van der Waals surface area (Å²) < 4.78 is 11.8. The molecule has 4 atom stereocenters. The van der Waals surface area contributed by atoms with E-state index in [2.05, 4.69) is 11.0 Å². The third-order valence-electron chi connectivity index (χ3n) is 4.64. The Morgan fingerprint density at radius 1 is 1.11 bits per heavy atom. The molecule has 3 heterocycles. The normalized spacial score (nSPS) is 37.7. The lowest BCUT2D eigenvalue weighted by molar-refractivity contribution is -0.0645. The molecule has 4 nitrogen and oxygen atoms in total. The first-order valence-corrected chi connectivity index (χ1v) is 7.18. The molecule has 4 rings (SSSR count). The molecule has 3 aliphatic rings. The predicted octanol–water partition coefficient (Wildman–Crippen LogP) is 1.31. The van der Waals surface area contributed by atoms with Gasteiger partial charge in [-0.25, -0.2) is 0 Å². The molecule has 1 aromatic rings. The number of hydrogen-bond donors (Lipinski definition) is 1. The second-order valence-corrected chi connectivity index (χ2v) is 5.85. The second-order valence-electron chi connectivity index (χ2n) is 5.85. The van der Waals surface area contributed by atoms with Crippen LogP contribution >= 0.6 is 0 Å². The van der Waals surface area contributed by atoms with Crippen LogP contribution < -0.4 is 10.5 Å². The minimum Gasteiger partial charge on any atom is -0.492 e. The first kappa shape index (κ1) is 11.7. The molecule has 19 heavy (non-hydrogen) atoms. The standard InChI is InChI=1S/C15H20N2O2/c16-15-12-3-1-2-4-14(12)18-9-13(15)17-7-10-5-6-11(8-17)19-10/h1-4,10-11,13,15H,5-9,16H2. The van der Waals surface area contributed by atoms with Crippen molar-refractivity contribution in [2.45, 2.75) is 37.1 Å². The molecule has 0 amide bonds. The van der Waals surface area contributed by atoms with Crippen LogP contribution in [-0.2, 0) is 4.74 Å². The van der Waals surface area contributed by atoms with Crippen LogP contribution in [0.25, 0.3) is 0 Å². The minimum absolute atomic E-state index is 0.0439. The Kier molecular flexibility index (Phi) is 2.76. The highest BCUT2D eigenvalue weighted by Crippen LogP contribution is 2.35. The topological polar surface area (TPSA) is 47.7 Å². The van der Waals surface area contributed by atoms with E-state index in [0.29, 0.717) is 18.8 Å². The molecule has 0 radical (unpaired) electrons. The van der Waals surface area contributed by atoms with Crippen molar-refractivity contribution in [2.24, 2.45) is 5.73 Å². The zero-order valence-corrected chi connectivity index (χ0v) is 11.0. The van der Waals surface area contributed by atoms with E-state index in [4.69, 9.17) is 15.2 Å². The maximum absolute atomic E-state index is 6.47. The Labute approximate surface area is 113 Å². The molecule has 0 spiro atoms. The van der Waals surface area contributed by atoms with Gasteiger partial charge in [0.15, 0.2) is 0 Å². The smallest absolute Gasteiger partial charge is 0.124 e. The van der Waals surface area contributed by atoms with Gasteiger partial charge in [-0.2, -0.15) is 0 Å². The summed E-state index contributed by atoms with van der Waals surface area (Å²) in [5.74, 6) is 0.947. The molecule has 0 aromatic heterocycles. The molecule has 2 fully saturated rings. The molecule has 2 saturated heterocycles. The number of hydrogen-bond acceptors (Lipinski definition) is 4. The number of nitrogens with zero attached hydrogens (tertiary/aromatic N) is 1. The van der Waals surface area contributed by atoms with Gasteiger partial charge in [-0.1, -0.05) is 18.2 Å². The lowest BCUT2D eigenvalue weighted by Gasteiger charge is -2.42. The summed E-state index contributed by atoms with van der Waals surface area (Å²) in [5.41, 5.74) is 7.61. The molecular weight excluding hydrogens is 240 g/mol. The van der Waals surface area contributed by atoms with E-state index in [1.54, 1.807) is 0 Å². The van der Waals surface area contributed by atoms with Gasteiger partial charge < -0.3 is 15.2 Å². The van der Waals surface area contributed by atoms with Crippen molar-refractivity contribution in [1.29, 1.82) is 0 Å². The van der Waals surface area contributed by atoms with Crippen LogP contribution in [0.4, 0.5) is 0 Å². The molecule has 102 valence electrons. The molecule has 0 saturated carbocycles. The molecule has 1 aromatic carbocycles. The van der Waals surface area contributed by atoms with Crippen molar-refractivity contribution >= 4 is 0 Å². The Bertz CT molecular complexity index is 467. The highest BCUT2D eigenvalue weighted by Gasteiger charge is 2.40. The summed E-state index contributed by atoms with van der Waals surface area (Å²) in [4.78, 5) is 2.48. The molecule has 0 aliphatic carbocycles. The van der Waals surface area contributed by atoms with Crippen molar-refractivity contribution in [1.82, 2.24) is 4.90 Å². The largest absolute Gasteiger partial charge is 0.492 e. The summed E-state index contributed by atoms with van der Waals surface area (Å²) in [5, 5.41) is 0. The fourth-order valence-electron chi connectivity index (χ4n) is 3.62. The maximum atomic E-state index is 6.47. The Morgan fingerprint density at radius 3 is 2.63 bits per heavy atom. The van der Waals surface area contributed by atoms with Gasteiger partial charge in [-0.05, 0) is 18.9 Å². The average Bonchev–Trinajstić information content (AvgIpc) is 2.78. The number of benzene rings is 1. The van der Waals surface area contributed by atoms with Gasteiger partial charge in [-0.3, -0.25) is 4.90 Å². The number of fused-ring (bicyclic) bond motifs is 3. The Balaban J connectivity index is 1.57. The Morgan fingerprint density at radius 2 is 1.84 bits per heavy atom. The molecule has 2 bridgehead atoms. The van der Waals surface area contributed by atoms with Crippen LogP contribution in [0, 0.1) is 0 Å². The second kappa shape index (κ2) is 4.47. The lowest BCUT2D eigenvalue weighted by atomic mass is 9.95. The van der Waals surface area contributed by atoms with Gasteiger partial charge in [0.2, 0.25) is 0 Å². The van der Waals surface area contributed by atoms with Crippen molar-refractivity contribution in [3.63, 3.8) is 0 Å². The number of ether oxygens (including phenoxy) is 2.